The van der Waals surface area contributed by atoms with Crippen LogP contribution in [0.1, 0.15) is 28.6 Å². The van der Waals surface area contributed by atoms with E-state index in [4.69, 9.17) is 4.42 Å². The third kappa shape index (κ3) is 6.29. The number of methoxy groups -OCH3 is 1. The van der Waals surface area contributed by atoms with E-state index in [1.54, 1.807) is 36.4 Å². The molecule has 0 radical (unpaired) electrons. The Kier molecular flexibility index (Phi) is 7.34. The van der Waals surface area contributed by atoms with E-state index in [-0.39, 0.29) is 17.5 Å². The molecule has 5 nitrogen and oxygen atoms in total. The van der Waals surface area contributed by atoms with Crippen LogP contribution in [0.3, 0.4) is 0 Å². The van der Waals surface area contributed by atoms with Gasteiger partial charge in [-0.3, -0.25) is 9.59 Å². The van der Waals surface area contributed by atoms with Crippen molar-refractivity contribution in [1.82, 2.24) is 0 Å². The number of carbonyl (C=O) groups is 2. The van der Waals surface area contributed by atoms with Gasteiger partial charge in [0.1, 0.15) is 17.3 Å². The number of furan rings is 1. The first kappa shape index (κ1) is 20.7. The third-order valence-corrected chi connectivity index (χ3v) is 3.80. The molecule has 0 fully saturated rings. The third-order valence-electron chi connectivity index (χ3n) is 3.80. The van der Waals surface area contributed by atoms with Gasteiger partial charge in [-0.15, -0.1) is 0 Å². The second kappa shape index (κ2) is 9.92. The highest BCUT2D eigenvalue weighted by Gasteiger charge is 2.05. The standard InChI is InChI=1S/C20H16O3.C3H6O2/c1-14-2-4-15(5-3-14)19(22)12-10-18-11-13-20(23-18)16-6-8-17(21)9-7-16;1-3(4)5-2/h2-13,21H,1H3;1-2H3/b12-10+;. The molecule has 5 heteroatoms. The quantitative estimate of drug-likeness (QED) is 0.391. The summed E-state index contributed by atoms with van der Waals surface area (Å²) in [6.07, 6.45) is 3.16. The lowest BCUT2D eigenvalue weighted by Gasteiger charge is -1.97. The normalized spacial score (nSPS) is 10.2. The van der Waals surface area contributed by atoms with Crippen LogP contribution in [0.5, 0.6) is 5.75 Å². The lowest BCUT2D eigenvalue weighted by molar-refractivity contribution is -0.137. The molecule has 1 aromatic heterocycles. The Bertz CT molecular complexity index is 947. The summed E-state index contributed by atoms with van der Waals surface area (Å²) in [7, 11) is 1.35. The van der Waals surface area contributed by atoms with Gasteiger partial charge >= 0.3 is 5.97 Å². The molecule has 3 aromatic rings. The molecular weight excluding hydrogens is 356 g/mol. The molecule has 1 heterocycles. The Hall–Kier alpha value is -3.60. The largest absolute Gasteiger partial charge is 0.508 e. The number of benzene rings is 2. The van der Waals surface area contributed by atoms with Crippen LogP contribution in [0.25, 0.3) is 17.4 Å². The van der Waals surface area contributed by atoms with Crippen molar-refractivity contribution < 1.29 is 23.8 Å². The van der Waals surface area contributed by atoms with Crippen LogP contribution in [-0.4, -0.2) is 24.0 Å². The van der Waals surface area contributed by atoms with Crippen LogP contribution in [0.4, 0.5) is 0 Å². The van der Waals surface area contributed by atoms with E-state index in [9.17, 15) is 14.7 Å². The number of hydrogen-bond donors (Lipinski definition) is 1. The van der Waals surface area contributed by atoms with Crippen molar-refractivity contribution in [3.05, 3.63) is 83.6 Å². The molecule has 0 bridgehead atoms. The van der Waals surface area contributed by atoms with Gasteiger partial charge in [0, 0.05) is 18.1 Å². The molecule has 0 aliphatic rings. The molecule has 1 N–H and O–H groups in total. The van der Waals surface area contributed by atoms with Gasteiger partial charge in [0.2, 0.25) is 0 Å². The molecule has 28 heavy (non-hydrogen) atoms. The molecule has 2 aromatic carbocycles. The van der Waals surface area contributed by atoms with E-state index in [1.807, 2.05) is 37.3 Å². The van der Waals surface area contributed by atoms with Gasteiger partial charge < -0.3 is 14.3 Å². The number of ether oxygens (including phenoxy) is 1. The maximum atomic E-state index is 12.1. The van der Waals surface area contributed by atoms with Crippen LogP contribution in [0.15, 0.2) is 71.2 Å². The molecular formula is C23H22O5. The van der Waals surface area contributed by atoms with Gasteiger partial charge in [-0.2, -0.15) is 0 Å². The highest BCUT2D eigenvalue weighted by molar-refractivity contribution is 6.06. The number of hydrogen-bond acceptors (Lipinski definition) is 5. The van der Waals surface area contributed by atoms with Gasteiger partial charge in [0.05, 0.1) is 7.11 Å². The number of carbonyl (C=O) groups excluding carboxylic acids is 2. The fourth-order valence-electron chi connectivity index (χ4n) is 2.20. The Balaban J connectivity index is 0.000000500. The van der Waals surface area contributed by atoms with E-state index in [2.05, 4.69) is 4.74 Å². The number of phenolic OH excluding ortho intramolecular Hbond substituents is 1. The summed E-state index contributed by atoms with van der Waals surface area (Å²) in [5, 5.41) is 9.30. The summed E-state index contributed by atoms with van der Waals surface area (Å²) in [5.41, 5.74) is 2.64. The maximum Gasteiger partial charge on any atom is 0.302 e. The van der Waals surface area contributed by atoms with E-state index in [0.717, 1.165) is 11.1 Å². The minimum atomic E-state index is -0.245. The Morgan fingerprint density at radius 1 is 0.964 bits per heavy atom. The molecule has 0 saturated carbocycles. The molecule has 3 rings (SSSR count). The zero-order valence-corrected chi connectivity index (χ0v) is 16.0. The Morgan fingerprint density at radius 2 is 1.57 bits per heavy atom. The van der Waals surface area contributed by atoms with Crippen LogP contribution in [0.2, 0.25) is 0 Å². The van der Waals surface area contributed by atoms with E-state index < -0.39 is 0 Å². The highest BCUT2D eigenvalue weighted by Crippen LogP contribution is 2.24. The predicted octanol–water partition coefficient (Wildman–Crippen LogP) is 5.04. The zero-order valence-electron chi connectivity index (χ0n) is 16.0. The Labute approximate surface area is 163 Å². The minimum absolute atomic E-state index is 0.0624. The maximum absolute atomic E-state index is 12.1. The van der Waals surface area contributed by atoms with Gasteiger partial charge in [-0.25, -0.2) is 0 Å². The van der Waals surface area contributed by atoms with E-state index in [1.165, 1.54) is 20.1 Å². The molecule has 144 valence electrons. The average molecular weight is 378 g/mol. The van der Waals surface area contributed by atoms with Crippen molar-refractivity contribution in [2.24, 2.45) is 0 Å². The fourth-order valence-corrected chi connectivity index (χ4v) is 2.20. The summed E-state index contributed by atoms with van der Waals surface area (Å²) in [6, 6.07) is 17.9. The summed E-state index contributed by atoms with van der Waals surface area (Å²) in [5.74, 6) is 1.20. The number of ketones is 1. The molecule has 0 amide bonds. The molecule has 0 saturated heterocycles. The number of esters is 1. The van der Waals surface area contributed by atoms with Gasteiger partial charge in [-0.1, -0.05) is 29.8 Å². The number of aromatic hydroxyl groups is 1. The summed E-state index contributed by atoms with van der Waals surface area (Å²) in [6.45, 7) is 3.35. The van der Waals surface area contributed by atoms with Gasteiger partial charge in [0.15, 0.2) is 5.78 Å². The van der Waals surface area contributed by atoms with Crippen molar-refractivity contribution in [2.75, 3.05) is 7.11 Å². The SMILES string of the molecule is COC(C)=O.Cc1ccc(C(=O)/C=C/c2ccc(-c3ccc(O)cc3)o2)cc1. The van der Waals surface area contributed by atoms with Crippen molar-refractivity contribution in [2.45, 2.75) is 13.8 Å². The fraction of sp³-hybridized carbons (Fsp3) is 0.130. The lowest BCUT2D eigenvalue weighted by Crippen LogP contribution is -1.93. The van der Waals surface area contributed by atoms with Gasteiger partial charge in [-0.05, 0) is 55.5 Å². The molecule has 0 unspecified atom stereocenters. The molecule has 0 aliphatic heterocycles. The van der Waals surface area contributed by atoms with Crippen LogP contribution in [-0.2, 0) is 9.53 Å². The smallest absolute Gasteiger partial charge is 0.302 e. The first-order chi connectivity index (χ1) is 13.4. The predicted molar refractivity (Wildman–Crippen MR) is 108 cm³/mol. The minimum Gasteiger partial charge on any atom is -0.508 e. The van der Waals surface area contributed by atoms with Crippen molar-refractivity contribution >= 4 is 17.8 Å². The first-order valence-corrected chi connectivity index (χ1v) is 8.62. The molecule has 0 atom stereocenters. The van der Waals surface area contributed by atoms with Crippen LogP contribution < -0.4 is 0 Å². The number of rotatable bonds is 4. The lowest BCUT2D eigenvalue weighted by atomic mass is 10.1. The molecule has 0 aliphatic carbocycles. The second-order valence-electron chi connectivity index (χ2n) is 6.01. The highest BCUT2D eigenvalue weighted by atomic mass is 16.5. The number of allylic oxidation sites excluding steroid dienone is 1. The first-order valence-electron chi connectivity index (χ1n) is 8.62. The number of aryl methyl sites for hydroxylation is 1. The second-order valence-corrected chi connectivity index (χ2v) is 6.01. The summed E-state index contributed by atoms with van der Waals surface area (Å²) >= 11 is 0. The van der Waals surface area contributed by atoms with Crippen molar-refractivity contribution in [3.8, 4) is 17.1 Å². The Morgan fingerprint density at radius 3 is 2.14 bits per heavy atom. The van der Waals surface area contributed by atoms with Crippen LogP contribution >= 0.6 is 0 Å². The van der Waals surface area contributed by atoms with Gasteiger partial charge in [0.25, 0.3) is 0 Å². The van der Waals surface area contributed by atoms with Crippen molar-refractivity contribution in [3.63, 3.8) is 0 Å². The average Bonchev–Trinajstić information content (AvgIpc) is 3.16. The zero-order chi connectivity index (χ0) is 20.5. The van der Waals surface area contributed by atoms with Crippen LogP contribution in [0, 0.1) is 6.92 Å². The van der Waals surface area contributed by atoms with Crippen molar-refractivity contribution in [1.29, 1.82) is 0 Å². The van der Waals surface area contributed by atoms with E-state index in [0.29, 0.717) is 17.1 Å². The summed E-state index contributed by atoms with van der Waals surface area (Å²) in [4.78, 5) is 21.7. The summed E-state index contributed by atoms with van der Waals surface area (Å²) < 4.78 is 9.81. The molecule has 0 spiro atoms. The monoisotopic (exact) mass is 378 g/mol. The van der Waals surface area contributed by atoms with E-state index >= 15 is 0 Å². The number of phenols is 1. The topological polar surface area (TPSA) is 76.7 Å².